The van der Waals surface area contributed by atoms with Gasteiger partial charge in [-0.25, -0.2) is 4.98 Å². The van der Waals surface area contributed by atoms with Crippen molar-refractivity contribution in [3.05, 3.63) is 70.0 Å². The van der Waals surface area contributed by atoms with Gasteiger partial charge in [0.05, 0.1) is 17.2 Å². The Morgan fingerprint density at radius 2 is 1.75 bits per heavy atom. The van der Waals surface area contributed by atoms with E-state index < -0.39 is 0 Å². The van der Waals surface area contributed by atoms with Gasteiger partial charge in [0.1, 0.15) is 4.88 Å². The normalized spacial score (nSPS) is 10.5. The van der Waals surface area contributed by atoms with Gasteiger partial charge in [0, 0.05) is 18.3 Å². The minimum atomic E-state index is -0.223. The molecular formula is C22H23N3O2S. The molecule has 5 nitrogen and oxygen atoms in total. The maximum absolute atomic E-state index is 13.0. The number of rotatable bonds is 6. The van der Waals surface area contributed by atoms with Crippen LogP contribution in [-0.4, -0.2) is 35.3 Å². The number of likely N-dealkylation sites (N-methyl/N-ethyl adjacent to an activating group) is 1. The maximum atomic E-state index is 13.0. The minimum Gasteiger partial charge on any atom is -0.332 e. The van der Waals surface area contributed by atoms with Crippen LogP contribution in [0.2, 0.25) is 0 Å². The molecule has 6 heteroatoms. The molecule has 1 N–H and O–H groups in total. The highest BCUT2D eigenvalue weighted by atomic mass is 32.1. The number of carbonyl (C=O) groups is 2. The Labute approximate surface area is 169 Å². The third-order valence-electron chi connectivity index (χ3n) is 4.38. The van der Waals surface area contributed by atoms with Crippen molar-refractivity contribution < 1.29 is 9.59 Å². The van der Waals surface area contributed by atoms with Gasteiger partial charge in [0.15, 0.2) is 0 Å². The minimum absolute atomic E-state index is 0.0257. The highest BCUT2D eigenvalue weighted by Gasteiger charge is 2.22. The molecule has 144 valence electrons. The molecule has 0 saturated heterocycles. The zero-order chi connectivity index (χ0) is 20.1. The maximum Gasteiger partial charge on any atom is 0.266 e. The van der Waals surface area contributed by atoms with Crippen molar-refractivity contribution >= 4 is 28.8 Å². The lowest BCUT2D eigenvalue weighted by Crippen LogP contribution is -2.35. The van der Waals surface area contributed by atoms with Crippen LogP contribution in [0, 0.1) is 6.92 Å². The number of thiazole rings is 1. The van der Waals surface area contributed by atoms with Gasteiger partial charge < -0.3 is 10.2 Å². The number of hydrogen-bond acceptors (Lipinski definition) is 4. The number of aryl methyl sites for hydroxylation is 2. The second kappa shape index (κ2) is 8.80. The lowest BCUT2D eigenvalue weighted by atomic mass is 10.1. The number of hydrogen-bond donors (Lipinski definition) is 1. The summed E-state index contributed by atoms with van der Waals surface area (Å²) < 4.78 is 0. The smallest absolute Gasteiger partial charge is 0.266 e. The summed E-state index contributed by atoms with van der Waals surface area (Å²) in [6.45, 7) is 3.89. The Kier molecular flexibility index (Phi) is 6.21. The molecule has 0 aliphatic carbocycles. The van der Waals surface area contributed by atoms with Crippen molar-refractivity contribution in [3.8, 4) is 11.3 Å². The van der Waals surface area contributed by atoms with E-state index in [2.05, 4.69) is 10.3 Å². The lowest BCUT2D eigenvalue weighted by molar-refractivity contribution is -0.116. The second-order valence-electron chi connectivity index (χ2n) is 6.50. The van der Waals surface area contributed by atoms with Crippen LogP contribution in [0.5, 0.6) is 0 Å². The van der Waals surface area contributed by atoms with Crippen LogP contribution in [0.3, 0.4) is 0 Å². The van der Waals surface area contributed by atoms with E-state index in [0.717, 1.165) is 28.2 Å². The average Bonchev–Trinajstić information content (AvgIpc) is 3.10. The molecule has 0 unspecified atom stereocenters. The summed E-state index contributed by atoms with van der Waals surface area (Å²) in [6, 6.07) is 17.3. The molecule has 0 radical (unpaired) electrons. The number of anilines is 1. The van der Waals surface area contributed by atoms with Crippen LogP contribution in [-0.2, 0) is 11.2 Å². The molecular weight excluding hydrogens is 370 g/mol. The third kappa shape index (κ3) is 4.46. The first-order chi connectivity index (χ1) is 13.5. The number of benzene rings is 2. The first-order valence-corrected chi connectivity index (χ1v) is 9.97. The molecule has 2 amide bonds. The standard InChI is InChI=1S/C22H23N3O2S/c1-4-16-10-8-9-13-18(16)24-19(26)14-25(3)22(27)21-20(23-15(2)28-21)17-11-6-5-7-12-17/h5-13H,4,14H2,1-3H3,(H,24,26). The molecule has 0 aliphatic heterocycles. The van der Waals surface area contributed by atoms with E-state index in [1.54, 1.807) is 7.05 Å². The summed E-state index contributed by atoms with van der Waals surface area (Å²) in [7, 11) is 1.64. The molecule has 1 heterocycles. The summed E-state index contributed by atoms with van der Waals surface area (Å²) in [5.74, 6) is -0.428. The zero-order valence-electron chi connectivity index (χ0n) is 16.2. The molecule has 1 aromatic heterocycles. The van der Waals surface area contributed by atoms with E-state index in [1.165, 1.54) is 16.2 Å². The van der Waals surface area contributed by atoms with Gasteiger partial charge in [-0.3, -0.25) is 9.59 Å². The van der Waals surface area contributed by atoms with Gasteiger partial charge in [0.25, 0.3) is 5.91 Å². The molecule has 0 atom stereocenters. The summed E-state index contributed by atoms with van der Waals surface area (Å²) in [5, 5.41) is 3.72. The fraction of sp³-hybridized carbons (Fsp3) is 0.227. The molecule has 0 saturated carbocycles. The molecule has 28 heavy (non-hydrogen) atoms. The summed E-state index contributed by atoms with van der Waals surface area (Å²) in [6.07, 6.45) is 0.825. The second-order valence-corrected chi connectivity index (χ2v) is 7.70. The molecule has 0 aliphatic rings. The Bertz CT molecular complexity index is 982. The van der Waals surface area contributed by atoms with Gasteiger partial charge in [-0.15, -0.1) is 11.3 Å². The highest BCUT2D eigenvalue weighted by Crippen LogP contribution is 2.29. The quantitative estimate of drug-likeness (QED) is 0.675. The van der Waals surface area contributed by atoms with E-state index in [4.69, 9.17) is 0 Å². The Morgan fingerprint density at radius 1 is 1.07 bits per heavy atom. The van der Waals surface area contributed by atoms with E-state index in [9.17, 15) is 9.59 Å². The monoisotopic (exact) mass is 393 g/mol. The van der Waals surface area contributed by atoms with Gasteiger partial charge in [-0.05, 0) is 25.0 Å². The number of nitrogens with zero attached hydrogens (tertiary/aromatic N) is 2. The topological polar surface area (TPSA) is 62.3 Å². The number of nitrogens with one attached hydrogen (secondary N) is 1. The summed E-state index contributed by atoms with van der Waals surface area (Å²) >= 11 is 1.35. The molecule has 3 rings (SSSR count). The van der Waals surface area contributed by atoms with Gasteiger partial charge >= 0.3 is 0 Å². The third-order valence-corrected chi connectivity index (χ3v) is 5.33. The predicted molar refractivity (Wildman–Crippen MR) is 114 cm³/mol. The van der Waals surface area contributed by atoms with Crippen molar-refractivity contribution in [1.82, 2.24) is 9.88 Å². The van der Waals surface area contributed by atoms with Gasteiger partial charge in [-0.2, -0.15) is 0 Å². The molecule has 3 aromatic rings. The number of aromatic nitrogens is 1. The van der Waals surface area contributed by atoms with Crippen LogP contribution in [0.25, 0.3) is 11.3 Å². The molecule has 0 bridgehead atoms. The summed E-state index contributed by atoms with van der Waals surface area (Å²) in [5.41, 5.74) is 3.41. The average molecular weight is 394 g/mol. The van der Waals surface area contributed by atoms with E-state index in [1.807, 2.05) is 68.4 Å². The first-order valence-electron chi connectivity index (χ1n) is 9.15. The van der Waals surface area contributed by atoms with Crippen molar-refractivity contribution in [2.24, 2.45) is 0 Å². The van der Waals surface area contributed by atoms with Crippen molar-refractivity contribution in [2.75, 3.05) is 18.9 Å². The number of amides is 2. The lowest BCUT2D eigenvalue weighted by Gasteiger charge is -2.17. The zero-order valence-corrected chi connectivity index (χ0v) is 17.0. The van der Waals surface area contributed by atoms with Crippen LogP contribution < -0.4 is 5.32 Å². The van der Waals surface area contributed by atoms with E-state index in [-0.39, 0.29) is 18.4 Å². The van der Waals surface area contributed by atoms with Crippen LogP contribution in [0.1, 0.15) is 27.2 Å². The highest BCUT2D eigenvalue weighted by molar-refractivity contribution is 7.14. The summed E-state index contributed by atoms with van der Waals surface area (Å²) in [4.78, 5) is 32.0. The largest absolute Gasteiger partial charge is 0.332 e. The van der Waals surface area contributed by atoms with Crippen LogP contribution in [0.15, 0.2) is 54.6 Å². The molecule has 0 spiro atoms. The van der Waals surface area contributed by atoms with E-state index >= 15 is 0 Å². The van der Waals surface area contributed by atoms with Crippen molar-refractivity contribution in [1.29, 1.82) is 0 Å². The Morgan fingerprint density at radius 3 is 2.46 bits per heavy atom. The SMILES string of the molecule is CCc1ccccc1NC(=O)CN(C)C(=O)c1sc(C)nc1-c1ccccc1. The predicted octanol–water partition coefficient (Wildman–Crippen LogP) is 4.39. The first kappa shape index (κ1) is 19.8. The van der Waals surface area contributed by atoms with Crippen LogP contribution >= 0.6 is 11.3 Å². The number of carbonyl (C=O) groups excluding carboxylic acids is 2. The van der Waals surface area contributed by atoms with Gasteiger partial charge in [-0.1, -0.05) is 55.5 Å². The van der Waals surface area contributed by atoms with Gasteiger partial charge in [0.2, 0.25) is 5.91 Å². The van der Waals surface area contributed by atoms with Crippen molar-refractivity contribution in [3.63, 3.8) is 0 Å². The Balaban J connectivity index is 1.74. The number of para-hydroxylation sites is 1. The molecule has 2 aromatic carbocycles. The Hall–Kier alpha value is -2.99. The van der Waals surface area contributed by atoms with E-state index in [0.29, 0.717) is 10.6 Å². The van der Waals surface area contributed by atoms with Crippen LogP contribution in [0.4, 0.5) is 5.69 Å². The fourth-order valence-corrected chi connectivity index (χ4v) is 3.90. The van der Waals surface area contributed by atoms with Crippen molar-refractivity contribution in [2.45, 2.75) is 20.3 Å². The fourth-order valence-electron chi connectivity index (χ4n) is 2.96. The molecule has 0 fully saturated rings.